The van der Waals surface area contributed by atoms with Crippen molar-refractivity contribution in [1.29, 1.82) is 0 Å². The topological polar surface area (TPSA) is 240 Å². The van der Waals surface area contributed by atoms with Gasteiger partial charge in [0.15, 0.2) is 11.4 Å². The van der Waals surface area contributed by atoms with E-state index < -0.39 is 41.9 Å². The summed E-state index contributed by atoms with van der Waals surface area (Å²) in [5.41, 5.74) is 12.3. The molecule has 17 nitrogen and oxygen atoms in total. The van der Waals surface area contributed by atoms with Crippen LogP contribution in [0.5, 0.6) is 0 Å². The van der Waals surface area contributed by atoms with Gasteiger partial charge in [-0.1, -0.05) is 71.8 Å². The van der Waals surface area contributed by atoms with Crippen molar-refractivity contribution in [2.24, 2.45) is 17.9 Å². The molecular weight excluding hydrogens is 893 g/mol. The second-order valence-corrected chi connectivity index (χ2v) is 20.5. The first-order valence-corrected chi connectivity index (χ1v) is 24.4. The van der Waals surface area contributed by atoms with Crippen LogP contribution in [0.25, 0.3) is 28.2 Å². The Morgan fingerprint density at radius 2 is 1.06 bits per heavy atom. The zero-order valence-electron chi connectivity index (χ0n) is 35.4. The van der Waals surface area contributed by atoms with E-state index in [1.54, 1.807) is 91.4 Å². The van der Waals surface area contributed by atoms with Gasteiger partial charge in [0.05, 0.1) is 62.8 Å². The van der Waals surface area contributed by atoms with Gasteiger partial charge in [0.25, 0.3) is 26.0 Å². The number of hydrogen-bond donors (Lipinski definition) is 2. The Balaban J connectivity index is 0.000000181. The van der Waals surface area contributed by atoms with E-state index in [9.17, 15) is 34.8 Å². The van der Waals surface area contributed by atoms with E-state index in [1.807, 2.05) is 26.0 Å². The fourth-order valence-electron chi connectivity index (χ4n) is 7.80. The molecule has 0 saturated carbocycles. The van der Waals surface area contributed by atoms with Gasteiger partial charge < -0.3 is 10.5 Å². The molecule has 0 unspecified atom stereocenters. The summed E-state index contributed by atoms with van der Waals surface area (Å²) < 4.78 is 88.4. The van der Waals surface area contributed by atoms with Gasteiger partial charge in [-0.05, 0) is 81.4 Å². The Labute approximate surface area is 375 Å². The number of nitrogens with zero attached hydrogens (tertiary/aromatic N) is 6. The summed E-state index contributed by atoms with van der Waals surface area (Å²) in [6.45, 7) is 5.53. The van der Waals surface area contributed by atoms with Crippen LogP contribution in [0, 0.1) is 13.8 Å². The van der Waals surface area contributed by atoms with Gasteiger partial charge in [0.2, 0.25) is 10.0 Å². The first-order chi connectivity index (χ1) is 30.8. The van der Waals surface area contributed by atoms with E-state index in [2.05, 4.69) is 10.2 Å². The lowest BCUT2D eigenvalue weighted by Crippen LogP contribution is -2.34. The fourth-order valence-corrected chi connectivity index (χ4v) is 11.2. The lowest BCUT2D eigenvalue weighted by Gasteiger charge is -2.31. The molecule has 0 aliphatic carbocycles. The first-order valence-electron chi connectivity index (χ1n) is 20.0. The molecule has 1 amide bonds. The third-order valence-electron chi connectivity index (χ3n) is 10.9. The van der Waals surface area contributed by atoms with E-state index in [4.69, 9.17) is 15.6 Å². The van der Waals surface area contributed by atoms with Crippen LogP contribution in [-0.2, 0) is 54.9 Å². The number of carbonyl (C=O) groups is 2. The average Bonchev–Trinajstić information content (AvgIpc) is 3.84. The average molecular weight is 935 g/mol. The van der Waals surface area contributed by atoms with Crippen molar-refractivity contribution in [3.8, 4) is 28.2 Å². The van der Waals surface area contributed by atoms with Crippen molar-refractivity contribution in [1.82, 2.24) is 19.6 Å². The molecule has 0 spiro atoms. The molecule has 7 aromatic rings. The van der Waals surface area contributed by atoms with Crippen molar-refractivity contribution in [2.45, 2.75) is 48.5 Å². The van der Waals surface area contributed by atoms with Crippen molar-refractivity contribution >= 4 is 53.3 Å². The largest absolute Gasteiger partial charge is 0.461 e. The number of benzene rings is 5. The maximum atomic E-state index is 13.7. The molecule has 0 atom stereocenters. The minimum atomic E-state index is -3.99. The molecule has 2 aliphatic heterocycles. The zero-order valence-corrected chi connectivity index (χ0v) is 37.9. The Morgan fingerprint density at radius 1 is 0.615 bits per heavy atom. The molecule has 4 N–H and O–H groups in total. The molecule has 2 aromatic heterocycles. The summed E-state index contributed by atoms with van der Waals surface area (Å²) in [4.78, 5) is 25.0. The predicted octanol–water partition coefficient (Wildman–Crippen LogP) is 5.58. The van der Waals surface area contributed by atoms with Crippen LogP contribution in [0.3, 0.4) is 0 Å². The Hall–Kier alpha value is -7.13. The Bertz CT molecular complexity index is 3370. The second kappa shape index (κ2) is 16.8. The number of aromatic nitrogens is 4. The third-order valence-corrected chi connectivity index (χ3v) is 15.4. The molecule has 5 aromatic carbocycles. The van der Waals surface area contributed by atoms with Gasteiger partial charge in [-0.15, -0.1) is 0 Å². The third kappa shape index (κ3) is 8.05. The summed E-state index contributed by atoms with van der Waals surface area (Å²) in [5, 5.41) is 13.9. The van der Waals surface area contributed by atoms with E-state index in [-0.39, 0.29) is 45.8 Å². The molecular formula is C45H42N8O9S3. The van der Waals surface area contributed by atoms with Crippen LogP contribution >= 0.6 is 0 Å². The second-order valence-electron chi connectivity index (χ2n) is 15.2. The molecule has 4 heterocycles. The van der Waals surface area contributed by atoms with Crippen LogP contribution in [0.15, 0.2) is 136 Å². The molecule has 0 fully saturated rings. The van der Waals surface area contributed by atoms with Gasteiger partial charge in [-0.2, -0.15) is 10.2 Å². The SMILES string of the molecule is CCOC(=O)c1nn(C)c2c1CN(S(=O)(=O)c1ccc(C)cc1)c1ccccc1-2.Cc1ccc(S(=O)(=O)N2Cc3c(C(N)=O)nn(-c4ccc(S(N)(=O)=O)cc4)c3-c3ccccc32)cc1. The Kier molecular flexibility index (Phi) is 11.5. The highest BCUT2D eigenvalue weighted by Gasteiger charge is 2.39. The number of anilines is 2. The predicted molar refractivity (Wildman–Crippen MR) is 243 cm³/mol. The highest BCUT2D eigenvalue weighted by molar-refractivity contribution is 7.93. The normalized spacial score (nSPS) is 13.1. The number of aryl methyl sites for hydroxylation is 3. The van der Waals surface area contributed by atoms with Crippen LogP contribution in [0.4, 0.5) is 11.4 Å². The standard InChI is InChI=1S/C24H21N5O5S2.C21H21N3O4S/c1-15-6-10-18(11-7-15)36(33,34)28-14-20-22(24(25)30)27-29(23(20)19-4-2-3-5-21(19)28)16-8-12-17(13-9-16)35(26,31)32;1-4-28-21(25)19-17-13-24(29(26,27)15-11-9-14(2)10-12-15)18-8-6-5-7-16(18)20(17)23(3)22-19/h2-13H,14H2,1H3,(H2,25,30)(H2,26,31,32);5-12H,4,13H2,1-3H3. The van der Waals surface area contributed by atoms with Crippen LogP contribution in [-0.4, -0.2) is 63.3 Å². The van der Waals surface area contributed by atoms with Gasteiger partial charge in [-0.25, -0.2) is 39.9 Å². The molecule has 20 heteroatoms. The molecule has 9 rings (SSSR count). The number of sulfonamides is 3. The minimum absolute atomic E-state index is 0.00451. The molecule has 65 heavy (non-hydrogen) atoms. The summed E-state index contributed by atoms with van der Waals surface area (Å²) >= 11 is 0. The Morgan fingerprint density at radius 3 is 1.52 bits per heavy atom. The summed E-state index contributed by atoms with van der Waals surface area (Å²) in [5.74, 6) is -1.38. The molecule has 334 valence electrons. The van der Waals surface area contributed by atoms with Gasteiger partial charge in [0.1, 0.15) is 0 Å². The van der Waals surface area contributed by atoms with Crippen LogP contribution < -0.4 is 19.5 Å². The minimum Gasteiger partial charge on any atom is -0.461 e. The van der Waals surface area contributed by atoms with E-state index in [1.165, 1.54) is 49.7 Å². The van der Waals surface area contributed by atoms with Crippen molar-refractivity contribution in [3.63, 3.8) is 0 Å². The van der Waals surface area contributed by atoms with Crippen molar-refractivity contribution in [3.05, 3.63) is 155 Å². The maximum Gasteiger partial charge on any atom is 0.359 e. The van der Waals surface area contributed by atoms with Crippen LogP contribution in [0.1, 0.15) is 50.2 Å². The van der Waals surface area contributed by atoms with Crippen molar-refractivity contribution < 1.29 is 39.6 Å². The zero-order chi connectivity index (χ0) is 46.6. The smallest absolute Gasteiger partial charge is 0.359 e. The summed E-state index contributed by atoms with van der Waals surface area (Å²) in [6.07, 6.45) is 0. The van der Waals surface area contributed by atoms with Crippen LogP contribution in [0.2, 0.25) is 0 Å². The number of para-hydroxylation sites is 2. The summed E-state index contributed by atoms with van der Waals surface area (Å²) in [7, 11) is -9.99. The highest BCUT2D eigenvalue weighted by Crippen LogP contribution is 2.45. The van der Waals surface area contributed by atoms with E-state index in [0.717, 1.165) is 16.8 Å². The van der Waals surface area contributed by atoms with Gasteiger partial charge in [0, 0.05) is 29.3 Å². The number of rotatable bonds is 9. The summed E-state index contributed by atoms with van der Waals surface area (Å²) in [6, 6.07) is 33.0. The lowest BCUT2D eigenvalue weighted by molar-refractivity contribution is 0.0517. The number of primary sulfonamides is 1. The maximum absolute atomic E-state index is 13.7. The monoisotopic (exact) mass is 934 g/mol. The number of fused-ring (bicyclic) bond motifs is 6. The number of esters is 1. The number of hydrogen-bond acceptors (Lipinski definition) is 11. The number of nitrogens with two attached hydrogens (primary N) is 2. The van der Waals surface area contributed by atoms with Crippen molar-refractivity contribution in [2.75, 3.05) is 15.2 Å². The molecule has 2 aliphatic rings. The number of primary amides is 1. The highest BCUT2D eigenvalue weighted by atomic mass is 32.2. The quantitative estimate of drug-likeness (QED) is 0.169. The molecule has 0 bridgehead atoms. The first kappa shape index (κ1) is 44.5. The molecule has 0 saturated heterocycles. The number of amides is 1. The van der Waals surface area contributed by atoms with E-state index in [0.29, 0.717) is 45.0 Å². The number of carbonyl (C=O) groups excluding carboxylic acids is 2. The fraction of sp³-hybridized carbons (Fsp3) is 0.156. The lowest BCUT2D eigenvalue weighted by atomic mass is 9.99. The van der Waals surface area contributed by atoms with E-state index >= 15 is 0 Å². The van der Waals surface area contributed by atoms with Gasteiger partial charge in [-0.3, -0.25) is 18.1 Å². The van der Waals surface area contributed by atoms with Gasteiger partial charge >= 0.3 is 5.97 Å². The number of ether oxygens (including phenoxy) is 1. The molecule has 0 radical (unpaired) electrons.